The molecule has 1 saturated heterocycles. The molecule has 2 N–H and O–H groups in total. The molecule has 3 heterocycles. The number of carbonyl (C=O) groups excluding carboxylic acids is 2. The van der Waals surface area contributed by atoms with E-state index in [1.54, 1.807) is 53.0 Å². The van der Waals surface area contributed by atoms with Crippen LogP contribution in [0, 0.1) is 11.3 Å². The Morgan fingerprint density at radius 2 is 2.02 bits per heavy atom. The van der Waals surface area contributed by atoms with Gasteiger partial charge in [-0.05, 0) is 17.5 Å². The molecule has 2 aromatic heterocycles. The van der Waals surface area contributed by atoms with Crippen molar-refractivity contribution in [2.45, 2.75) is 12.5 Å². The van der Waals surface area contributed by atoms with Crippen molar-refractivity contribution in [1.82, 2.24) is 24.6 Å². The van der Waals surface area contributed by atoms with Crippen LogP contribution in [0.1, 0.15) is 16.9 Å². The number of nitriles is 1. The fourth-order valence-electron chi connectivity index (χ4n) is 4.98. The lowest BCUT2D eigenvalue weighted by atomic mass is 10.1. The summed E-state index contributed by atoms with van der Waals surface area (Å²) in [6.45, 7) is 4.73. The highest BCUT2D eigenvalue weighted by Gasteiger charge is 2.31. The zero-order valence-electron chi connectivity index (χ0n) is 22.7. The topological polar surface area (TPSA) is 144 Å². The Morgan fingerprint density at radius 3 is 2.76 bits per heavy atom. The maximum Gasteiger partial charge on any atom is 0.274 e. The van der Waals surface area contributed by atoms with Crippen molar-refractivity contribution in [3.05, 3.63) is 73.1 Å². The van der Waals surface area contributed by atoms with Crippen LogP contribution in [0.4, 0.5) is 23.3 Å². The summed E-state index contributed by atoms with van der Waals surface area (Å²) >= 11 is 0. The van der Waals surface area contributed by atoms with E-state index in [-0.39, 0.29) is 35.8 Å². The number of phenols is 1. The van der Waals surface area contributed by atoms with E-state index < -0.39 is 5.91 Å². The summed E-state index contributed by atoms with van der Waals surface area (Å²) < 4.78 is 1.66. The third kappa shape index (κ3) is 5.51. The van der Waals surface area contributed by atoms with Crippen LogP contribution in [0.2, 0.25) is 0 Å². The minimum Gasteiger partial charge on any atom is -0.508 e. The van der Waals surface area contributed by atoms with E-state index in [0.29, 0.717) is 37.0 Å². The molecule has 1 aliphatic rings. The minimum atomic E-state index is -0.488. The molecule has 5 rings (SSSR count). The molecule has 4 aromatic rings. The highest BCUT2D eigenvalue weighted by Crippen LogP contribution is 2.30. The second kappa shape index (κ2) is 11.4. The number of hydrogen-bond donors (Lipinski definition) is 2. The second-order valence-electron chi connectivity index (χ2n) is 9.65. The number of nitrogens with one attached hydrogen (secondary N) is 1. The van der Waals surface area contributed by atoms with Crippen LogP contribution in [0.3, 0.4) is 0 Å². The number of benzene rings is 2. The molecule has 0 spiro atoms. The predicted molar refractivity (Wildman–Crippen MR) is 155 cm³/mol. The first-order valence-electron chi connectivity index (χ1n) is 13.0. The number of aromatic nitrogens is 4. The fraction of sp³-hybridized carbons (Fsp3) is 0.241. The second-order valence-corrected chi connectivity index (χ2v) is 9.65. The Bertz CT molecular complexity index is 1680. The predicted octanol–water partition coefficient (Wildman–Crippen LogP) is 3.21. The fourth-order valence-corrected chi connectivity index (χ4v) is 4.98. The van der Waals surface area contributed by atoms with E-state index in [1.165, 1.54) is 12.1 Å². The smallest absolute Gasteiger partial charge is 0.274 e. The van der Waals surface area contributed by atoms with Gasteiger partial charge in [0.25, 0.3) is 5.91 Å². The molecule has 0 saturated carbocycles. The van der Waals surface area contributed by atoms with Gasteiger partial charge in [0.1, 0.15) is 23.1 Å². The number of hydrogen-bond acceptors (Lipinski definition) is 9. The summed E-state index contributed by atoms with van der Waals surface area (Å²) in [5.41, 5.74) is 0.547. The Balaban J connectivity index is 1.53. The largest absolute Gasteiger partial charge is 0.508 e. The van der Waals surface area contributed by atoms with Crippen LogP contribution < -0.4 is 15.1 Å². The van der Waals surface area contributed by atoms with Crippen molar-refractivity contribution >= 4 is 45.9 Å². The number of phenolic OH excluding ortho intramolecular Hbond substituents is 1. The zero-order chi connectivity index (χ0) is 29.1. The molecular formula is C29H29N9O3. The third-order valence-corrected chi connectivity index (χ3v) is 7.06. The number of nitrogens with zero attached hydrogens (tertiary/aromatic N) is 8. The molecule has 0 unspecified atom stereocenters. The molecule has 0 radical (unpaired) electrons. The van der Waals surface area contributed by atoms with E-state index in [2.05, 4.69) is 28.0 Å². The molecule has 1 fully saturated rings. The van der Waals surface area contributed by atoms with Crippen molar-refractivity contribution in [2.24, 2.45) is 7.05 Å². The average molecular weight is 552 g/mol. The van der Waals surface area contributed by atoms with Gasteiger partial charge >= 0.3 is 0 Å². The number of rotatable bonds is 7. The van der Waals surface area contributed by atoms with E-state index in [4.69, 9.17) is 4.98 Å². The molecule has 0 aliphatic carbocycles. The lowest BCUT2D eigenvalue weighted by Gasteiger charge is -2.41. The monoisotopic (exact) mass is 551 g/mol. The molecule has 2 aromatic carbocycles. The summed E-state index contributed by atoms with van der Waals surface area (Å²) in [6.07, 6.45) is 3.04. The molecule has 41 heavy (non-hydrogen) atoms. The van der Waals surface area contributed by atoms with E-state index in [1.807, 2.05) is 29.2 Å². The van der Waals surface area contributed by atoms with Crippen molar-refractivity contribution in [3.63, 3.8) is 0 Å². The van der Waals surface area contributed by atoms with Gasteiger partial charge in [0.05, 0.1) is 30.4 Å². The summed E-state index contributed by atoms with van der Waals surface area (Å²) in [7, 11) is 3.57. The van der Waals surface area contributed by atoms with Gasteiger partial charge in [-0.3, -0.25) is 19.2 Å². The van der Waals surface area contributed by atoms with Crippen molar-refractivity contribution in [1.29, 1.82) is 5.26 Å². The Hall–Kier alpha value is -5.44. The third-order valence-electron chi connectivity index (χ3n) is 7.06. The highest BCUT2D eigenvalue weighted by molar-refractivity contribution is 6.09. The number of aryl methyl sites for hydroxylation is 1. The summed E-state index contributed by atoms with van der Waals surface area (Å²) in [5.74, 6) is 0.744. The van der Waals surface area contributed by atoms with E-state index in [0.717, 1.165) is 10.8 Å². The van der Waals surface area contributed by atoms with Gasteiger partial charge in [-0.2, -0.15) is 15.3 Å². The maximum absolute atomic E-state index is 13.6. The lowest BCUT2D eigenvalue weighted by molar-refractivity contribution is -0.128. The number of fused-ring (bicyclic) bond motifs is 1. The summed E-state index contributed by atoms with van der Waals surface area (Å²) in [6, 6.07) is 15.7. The first-order chi connectivity index (χ1) is 19.8. The lowest BCUT2D eigenvalue weighted by Crippen LogP contribution is -2.55. The quantitative estimate of drug-likeness (QED) is 0.331. The molecule has 12 heteroatoms. The molecule has 2 amide bonds. The van der Waals surface area contributed by atoms with Crippen molar-refractivity contribution in [2.75, 3.05) is 41.8 Å². The summed E-state index contributed by atoms with van der Waals surface area (Å²) in [4.78, 5) is 40.7. The molecule has 12 nitrogen and oxygen atoms in total. The Labute approximate surface area is 236 Å². The number of anilines is 4. The SMILES string of the molecule is C=CC(=O)N1CCN(c2cc(C(=O)Nc3cc(O)cc4ccccc34)nc(N(C)c3ccnn3C)n2)C[C@@H]1CC#N. The Kier molecular flexibility index (Phi) is 7.51. The van der Waals surface area contributed by atoms with Crippen LogP contribution in [0.15, 0.2) is 67.4 Å². The first kappa shape index (κ1) is 27.1. The average Bonchev–Trinajstić information content (AvgIpc) is 3.41. The van der Waals surface area contributed by atoms with Gasteiger partial charge in [-0.1, -0.05) is 30.8 Å². The number of piperazine rings is 1. The van der Waals surface area contributed by atoms with Gasteiger partial charge < -0.3 is 20.2 Å². The molecule has 1 atom stereocenters. The summed E-state index contributed by atoms with van der Waals surface area (Å²) in [5, 5.41) is 28.3. The zero-order valence-corrected chi connectivity index (χ0v) is 22.7. The van der Waals surface area contributed by atoms with E-state index in [9.17, 15) is 20.0 Å². The minimum absolute atomic E-state index is 0.0227. The molecule has 0 bridgehead atoms. The standard InChI is InChI=1S/C29H29N9O3/c1-4-27(40)38-14-13-37(18-20(38)9-11-30)25-17-24(33-29(34-25)35(2)26-10-12-31-36(26)3)28(41)32-23-16-21(39)15-19-7-5-6-8-22(19)23/h4-8,10,12,15-17,20,39H,1,9,13-14,18H2,2-3H3,(H,32,41)/t20-/m0/s1. The van der Waals surface area contributed by atoms with Gasteiger partial charge in [0.2, 0.25) is 11.9 Å². The van der Waals surface area contributed by atoms with Gasteiger partial charge in [0.15, 0.2) is 0 Å². The van der Waals surface area contributed by atoms with E-state index >= 15 is 0 Å². The normalized spacial score (nSPS) is 14.9. The number of carbonyl (C=O) groups is 2. The molecule has 1 aliphatic heterocycles. The van der Waals surface area contributed by atoms with Crippen molar-refractivity contribution in [3.8, 4) is 11.8 Å². The van der Waals surface area contributed by atoms with Gasteiger partial charge in [-0.25, -0.2) is 4.98 Å². The van der Waals surface area contributed by atoms with Crippen LogP contribution >= 0.6 is 0 Å². The Morgan fingerprint density at radius 1 is 1.22 bits per heavy atom. The van der Waals surface area contributed by atoms with Crippen molar-refractivity contribution < 1.29 is 14.7 Å². The van der Waals surface area contributed by atoms with Crippen LogP contribution in [-0.2, 0) is 11.8 Å². The van der Waals surface area contributed by atoms with Gasteiger partial charge in [0, 0.05) is 57.3 Å². The van der Waals surface area contributed by atoms with Gasteiger partial charge in [-0.15, -0.1) is 0 Å². The van der Waals surface area contributed by atoms with Crippen LogP contribution in [0.5, 0.6) is 5.75 Å². The number of aromatic hydroxyl groups is 1. The van der Waals surface area contributed by atoms with Crippen LogP contribution in [0.25, 0.3) is 10.8 Å². The highest BCUT2D eigenvalue weighted by atomic mass is 16.3. The van der Waals surface area contributed by atoms with Crippen LogP contribution in [-0.4, -0.2) is 74.3 Å². The first-order valence-corrected chi connectivity index (χ1v) is 13.0. The number of amides is 2. The molecular weight excluding hydrogens is 522 g/mol. The molecule has 208 valence electrons. The maximum atomic E-state index is 13.6.